The Morgan fingerprint density at radius 2 is 1.53 bits per heavy atom. The van der Waals surface area contributed by atoms with Crippen molar-refractivity contribution in [3.63, 3.8) is 0 Å². The van der Waals surface area contributed by atoms with Crippen LogP contribution in [0.3, 0.4) is 0 Å². The standard InChI is InChI=1S/C8F4N3Se2/c9-4-2(1-13)5(10)7(12)3(6(4)11)8-14-16-17-15-8. The minimum atomic E-state index is -1.72. The normalized spacial score (nSPS) is 14.2. The van der Waals surface area contributed by atoms with Crippen molar-refractivity contribution in [2.45, 2.75) is 0 Å². The average Bonchev–Trinajstić information content (AvgIpc) is 2.81. The van der Waals surface area contributed by atoms with Gasteiger partial charge in [-0.25, -0.2) is 0 Å². The van der Waals surface area contributed by atoms with Crippen LogP contribution in [0.15, 0.2) is 4.01 Å². The van der Waals surface area contributed by atoms with Crippen LogP contribution in [0.5, 0.6) is 0 Å². The fourth-order valence-electron chi connectivity index (χ4n) is 1.14. The number of hydrogen-bond acceptors (Lipinski definition) is 2. The van der Waals surface area contributed by atoms with Gasteiger partial charge in [0.2, 0.25) is 0 Å². The number of hydrogen-bond donors (Lipinski definition) is 0. The molecule has 0 unspecified atom stereocenters. The predicted molar refractivity (Wildman–Crippen MR) is 51.2 cm³/mol. The zero-order valence-corrected chi connectivity index (χ0v) is 11.1. The van der Waals surface area contributed by atoms with Crippen LogP contribution in [0.25, 0.3) is 0 Å². The number of benzene rings is 1. The zero-order valence-electron chi connectivity index (χ0n) is 7.67. The molecule has 9 heteroatoms. The first-order chi connectivity index (χ1) is 8.07. The first-order valence-electron chi connectivity index (χ1n) is 3.96. The summed E-state index contributed by atoms with van der Waals surface area (Å²) in [5.74, 6) is -7.01. The van der Waals surface area contributed by atoms with Crippen molar-refractivity contribution in [3.8, 4) is 6.07 Å². The topological polar surface area (TPSA) is 50.2 Å². The summed E-state index contributed by atoms with van der Waals surface area (Å²) in [4.78, 5) is 0. The first-order valence-corrected chi connectivity index (χ1v) is 9.82. The van der Waals surface area contributed by atoms with Crippen LogP contribution in [0.4, 0.5) is 17.6 Å². The van der Waals surface area contributed by atoms with Gasteiger partial charge in [-0.15, -0.1) is 0 Å². The van der Waals surface area contributed by atoms with Gasteiger partial charge in [-0.1, -0.05) is 0 Å². The molecule has 0 amide bonds. The third-order valence-corrected chi connectivity index (χ3v) is 5.41. The van der Waals surface area contributed by atoms with Gasteiger partial charge in [-0.2, -0.15) is 0 Å². The molecular formula is C8F4N3Se2. The van der Waals surface area contributed by atoms with Gasteiger partial charge in [0, 0.05) is 0 Å². The number of rotatable bonds is 1. The molecule has 0 aliphatic carbocycles. The second-order valence-electron chi connectivity index (χ2n) is 2.77. The zero-order chi connectivity index (χ0) is 12.6. The molecule has 0 saturated heterocycles. The Kier molecular flexibility index (Phi) is 3.40. The van der Waals surface area contributed by atoms with Gasteiger partial charge >= 0.3 is 104 Å². The SMILES string of the molecule is N#Cc1c(F)c(F)c(C2=N[Se][Se][N]2)c(F)c1F. The molecule has 87 valence electrons. The van der Waals surface area contributed by atoms with E-state index in [4.69, 9.17) is 5.26 Å². The van der Waals surface area contributed by atoms with Crippen molar-refractivity contribution < 1.29 is 17.6 Å². The van der Waals surface area contributed by atoms with Gasteiger partial charge in [0.15, 0.2) is 0 Å². The van der Waals surface area contributed by atoms with Crippen LogP contribution in [0.1, 0.15) is 11.1 Å². The van der Waals surface area contributed by atoms with E-state index < -0.39 is 34.4 Å². The van der Waals surface area contributed by atoms with Crippen molar-refractivity contribution in [2.24, 2.45) is 4.01 Å². The molecule has 1 aromatic rings. The Labute approximate surface area is 104 Å². The number of amidine groups is 1. The summed E-state index contributed by atoms with van der Waals surface area (Å²) in [6, 6.07) is 1.07. The van der Waals surface area contributed by atoms with E-state index in [2.05, 4.69) is 8.34 Å². The Balaban J connectivity index is 2.74. The van der Waals surface area contributed by atoms with Crippen molar-refractivity contribution in [2.75, 3.05) is 0 Å². The summed E-state index contributed by atoms with van der Waals surface area (Å²) in [7, 11) is 0. The molecule has 1 heterocycles. The van der Waals surface area contributed by atoms with Gasteiger partial charge < -0.3 is 0 Å². The van der Waals surface area contributed by atoms with Crippen LogP contribution >= 0.6 is 0 Å². The van der Waals surface area contributed by atoms with Gasteiger partial charge in [0.1, 0.15) is 0 Å². The second kappa shape index (κ2) is 4.67. The third kappa shape index (κ3) is 1.94. The van der Waals surface area contributed by atoms with E-state index in [1.807, 2.05) is 0 Å². The maximum absolute atomic E-state index is 13.5. The quantitative estimate of drug-likeness (QED) is 0.406. The Bertz CT molecular complexity index is 538. The average molecular weight is 372 g/mol. The van der Waals surface area contributed by atoms with Crippen molar-refractivity contribution in [3.05, 3.63) is 34.4 Å². The van der Waals surface area contributed by atoms with Gasteiger partial charge in [-0.3, -0.25) is 0 Å². The Hall–Kier alpha value is -1.06. The van der Waals surface area contributed by atoms with E-state index in [0.29, 0.717) is 0 Å². The Morgan fingerprint density at radius 1 is 0.941 bits per heavy atom. The molecule has 0 bridgehead atoms. The molecule has 1 aliphatic rings. The summed E-state index contributed by atoms with van der Waals surface area (Å²) < 4.78 is 60.9. The molecule has 1 radical (unpaired) electrons. The molecule has 0 aromatic heterocycles. The monoisotopic (exact) mass is 374 g/mol. The fraction of sp³-hybridized carbons (Fsp3) is 0. The molecular weight excluding hydrogens is 372 g/mol. The molecule has 0 saturated carbocycles. The number of nitrogens with zero attached hydrogens (tertiary/aromatic N) is 3. The van der Waals surface area contributed by atoms with E-state index in [-0.39, 0.29) is 32.5 Å². The van der Waals surface area contributed by atoms with E-state index >= 15 is 0 Å². The van der Waals surface area contributed by atoms with E-state index in [9.17, 15) is 17.6 Å². The van der Waals surface area contributed by atoms with Gasteiger partial charge in [0.25, 0.3) is 0 Å². The summed E-state index contributed by atoms with van der Waals surface area (Å²) in [5, 5.41) is 8.39. The Morgan fingerprint density at radius 3 is 1.94 bits per heavy atom. The number of halogens is 4. The van der Waals surface area contributed by atoms with E-state index in [0.717, 1.165) is 6.07 Å². The summed E-state index contributed by atoms with van der Waals surface area (Å²) in [6.07, 6.45) is 0. The van der Waals surface area contributed by atoms with Crippen LogP contribution in [0.2, 0.25) is 0 Å². The van der Waals surface area contributed by atoms with Crippen LogP contribution in [-0.2, 0) is 0 Å². The first kappa shape index (κ1) is 12.4. The van der Waals surface area contributed by atoms with Crippen molar-refractivity contribution >= 4 is 32.5 Å². The molecule has 0 fully saturated rings. The second-order valence-corrected chi connectivity index (χ2v) is 7.41. The summed E-state index contributed by atoms with van der Waals surface area (Å²) in [5.41, 5.74) is -2.21. The predicted octanol–water partition coefficient (Wildman–Crippen LogP) is 0.633. The van der Waals surface area contributed by atoms with Crippen molar-refractivity contribution in [1.29, 1.82) is 5.26 Å². The summed E-state index contributed by atoms with van der Waals surface area (Å²) >= 11 is -0.496. The van der Waals surface area contributed by atoms with Crippen LogP contribution in [-0.4, -0.2) is 32.5 Å². The fourth-order valence-corrected chi connectivity index (χ4v) is 4.66. The summed E-state index contributed by atoms with van der Waals surface area (Å²) in [6.45, 7) is 0. The number of nitriles is 1. The maximum atomic E-state index is 13.5. The third-order valence-electron chi connectivity index (χ3n) is 1.88. The van der Waals surface area contributed by atoms with Gasteiger partial charge in [-0.05, 0) is 0 Å². The van der Waals surface area contributed by atoms with Crippen molar-refractivity contribution in [1.82, 2.24) is 4.33 Å². The molecule has 17 heavy (non-hydrogen) atoms. The molecule has 1 aromatic carbocycles. The van der Waals surface area contributed by atoms with Crippen LogP contribution < -0.4 is 4.33 Å². The molecule has 2 rings (SSSR count). The molecule has 0 N–H and O–H groups in total. The van der Waals surface area contributed by atoms with Gasteiger partial charge in [0.05, 0.1) is 0 Å². The van der Waals surface area contributed by atoms with Crippen LogP contribution in [0, 0.1) is 34.6 Å². The van der Waals surface area contributed by atoms with E-state index in [1.165, 1.54) is 0 Å². The molecule has 3 nitrogen and oxygen atoms in total. The van der Waals surface area contributed by atoms with E-state index in [1.54, 1.807) is 0 Å². The minimum absolute atomic E-state index is 0.248. The molecule has 1 aliphatic heterocycles. The molecule has 0 atom stereocenters. The molecule has 0 spiro atoms.